The third kappa shape index (κ3) is 7.48. The van der Waals surface area contributed by atoms with Gasteiger partial charge in [-0.25, -0.2) is 4.79 Å². The Bertz CT molecular complexity index is 673. The number of nitrogens with two attached hydrogens (primary N) is 1. The molecule has 1 aliphatic rings. The maximum absolute atomic E-state index is 13.0. The van der Waals surface area contributed by atoms with Gasteiger partial charge in [0.25, 0.3) is 0 Å². The number of carboxylic acid groups (broad SMARTS) is 2. The Labute approximate surface area is 180 Å². The number of aliphatic carboxylic acids is 2. The van der Waals surface area contributed by atoms with E-state index in [1.807, 2.05) is 13.8 Å². The summed E-state index contributed by atoms with van der Waals surface area (Å²) in [7, 11) is 0. The van der Waals surface area contributed by atoms with Crippen LogP contribution in [0.2, 0.25) is 0 Å². The Morgan fingerprint density at radius 3 is 2.27 bits per heavy atom. The highest BCUT2D eigenvalue weighted by molar-refractivity contribution is 7.80. The topological polar surface area (TPSA) is 179 Å². The predicted molar refractivity (Wildman–Crippen MR) is 110 cm³/mol. The van der Waals surface area contributed by atoms with Crippen molar-refractivity contribution in [2.24, 2.45) is 11.7 Å². The van der Waals surface area contributed by atoms with Crippen molar-refractivity contribution in [3.8, 4) is 0 Å². The summed E-state index contributed by atoms with van der Waals surface area (Å²) in [5, 5.41) is 22.9. The minimum Gasteiger partial charge on any atom is -0.481 e. The molecule has 0 aliphatic carbocycles. The number of amides is 3. The van der Waals surface area contributed by atoms with E-state index in [0.717, 1.165) is 0 Å². The quantitative estimate of drug-likeness (QED) is 0.214. The highest BCUT2D eigenvalue weighted by Crippen LogP contribution is 2.20. The van der Waals surface area contributed by atoms with Crippen LogP contribution in [0, 0.1) is 5.92 Å². The van der Waals surface area contributed by atoms with E-state index in [9.17, 15) is 24.0 Å². The second kappa shape index (κ2) is 11.7. The van der Waals surface area contributed by atoms with Gasteiger partial charge in [0.05, 0.1) is 12.5 Å². The van der Waals surface area contributed by atoms with E-state index in [4.69, 9.17) is 15.9 Å². The molecule has 1 rings (SSSR count). The van der Waals surface area contributed by atoms with Crippen molar-refractivity contribution in [2.75, 3.05) is 12.3 Å². The van der Waals surface area contributed by atoms with Crippen LogP contribution >= 0.6 is 12.6 Å². The molecule has 4 atom stereocenters. The van der Waals surface area contributed by atoms with E-state index >= 15 is 0 Å². The number of carboxylic acids is 2. The minimum atomic E-state index is -1.39. The fourth-order valence-corrected chi connectivity index (χ4v) is 3.47. The van der Waals surface area contributed by atoms with Gasteiger partial charge in [-0.3, -0.25) is 19.2 Å². The zero-order valence-corrected chi connectivity index (χ0v) is 17.9. The monoisotopic (exact) mass is 446 g/mol. The molecule has 170 valence electrons. The number of carbonyl (C=O) groups is 5. The molecule has 4 unspecified atom stereocenters. The van der Waals surface area contributed by atoms with Crippen LogP contribution in [0.5, 0.6) is 0 Å². The van der Waals surface area contributed by atoms with Crippen LogP contribution in [-0.4, -0.2) is 81.2 Å². The van der Waals surface area contributed by atoms with Crippen molar-refractivity contribution in [1.29, 1.82) is 0 Å². The number of nitrogens with zero attached hydrogens (tertiary/aromatic N) is 1. The van der Waals surface area contributed by atoms with Gasteiger partial charge < -0.3 is 31.5 Å². The smallest absolute Gasteiger partial charge is 0.327 e. The molecule has 0 bridgehead atoms. The number of hydrogen-bond donors (Lipinski definition) is 6. The molecule has 11 nitrogen and oxygen atoms in total. The zero-order valence-electron chi connectivity index (χ0n) is 17.0. The fourth-order valence-electron chi connectivity index (χ4n) is 3.22. The first-order chi connectivity index (χ1) is 14.0. The van der Waals surface area contributed by atoms with E-state index < -0.39 is 60.2 Å². The van der Waals surface area contributed by atoms with Crippen LogP contribution in [0.15, 0.2) is 0 Å². The Hall–Kier alpha value is -2.34. The Balaban J connectivity index is 2.93. The molecule has 12 heteroatoms. The number of thiol groups is 1. The molecule has 0 aromatic heterocycles. The Morgan fingerprint density at radius 1 is 1.13 bits per heavy atom. The summed E-state index contributed by atoms with van der Waals surface area (Å²) in [6.45, 7) is 3.92. The third-order valence-electron chi connectivity index (χ3n) is 4.69. The zero-order chi connectivity index (χ0) is 23.0. The number of nitrogens with one attached hydrogen (secondary N) is 2. The first kappa shape index (κ1) is 25.7. The van der Waals surface area contributed by atoms with Crippen LogP contribution < -0.4 is 16.4 Å². The molecule has 30 heavy (non-hydrogen) atoms. The highest BCUT2D eigenvalue weighted by atomic mass is 32.1. The van der Waals surface area contributed by atoms with Crippen LogP contribution in [0.4, 0.5) is 0 Å². The van der Waals surface area contributed by atoms with E-state index in [0.29, 0.717) is 12.8 Å². The number of hydrogen-bond acceptors (Lipinski definition) is 7. The molecule has 0 saturated carbocycles. The van der Waals surface area contributed by atoms with E-state index in [2.05, 4.69) is 23.3 Å². The highest BCUT2D eigenvalue weighted by Gasteiger charge is 2.39. The van der Waals surface area contributed by atoms with Crippen LogP contribution in [0.1, 0.15) is 39.5 Å². The molecule has 0 aromatic rings. The van der Waals surface area contributed by atoms with Gasteiger partial charge in [-0.15, -0.1) is 0 Å². The van der Waals surface area contributed by atoms with Gasteiger partial charge in [0.15, 0.2) is 0 Å². The van der Waals surface area contributed by atoms with Crippen molar-refractivity contribution in [2.45, 2.75) is 63.7 Å². The summed E-state index contributed by atoms with van der Waals surface area (Å²) in [5.41, 5.74) is 5.81. The normalized spacial score (nSPS) is 19.1. The van der Waals surface area contributed by atoms with Gasteiger partial charge in [-0.2, -0.15) is 12.6 Å². The second-order valence-electron chi connectivity index (χ2n) is 7.67. The number of likely N-dealkylation sites (tertiary alicyclic amines) is 1. The molecule has 6 N–H and O–H groups in total. The molecule has 0 radical (unpaired) electrons. The average Bonchev–Trinajstić information content (AvgIpc) is 3.13. The summed E-state index contributed by atoms with van der Waals surface area (Å²) >= 11 is 3.89. The lowest BCUT2D eigenvalue weighted by Gasteiger charge is -2.29. The van der Waals surface area contributed by atoms with Crippen molar-refractivity contribution < 1.29 is 34.2 Å². The molecular weight excluding hydrogens is 416 g/mol. The summed E-state index contributed by atoms with van der Waals surface area (Å²) in [5.74, 6) is -4.61. The maximum atomic E-state index is 13.0. The van der Waals surface area contributed by atoms with E-state index in [-0.39, 0.29) is 24.6 Å². The SMILES string of the molecule is CC(C)CC(N)C(=O)NC(CC(=O)O)C(=O)N1CCCC1C(=O)NC(CS)C(=O)O. The van der Waals surface area contributed by atoms with E-state index in [1.54, 1.807) is 0 Å². The third-order valence-corrected chi connectivity index (χ3v) is 5.06. The lowest BCUT2D eigenvalue weighted by atomic mass is 10.0. The fraction of sp³-hybridized carbons (Fsp3) is 0.722. The molecule has 0 spiro atoms. The van der Waals surface area contributed by atoms with Crippen LogP contribution in [-0.2, 0) is 24.0 Å². The van der Waals surface area contributed by atoms with Gasteiger partial charge in [0.1, 0.15) is 18.1 Å². The largest absolute Gasteiger partial charge is 0.481 e. The minimum absolute atomic E-state index is 0.125. The number of rotatable bonds is 11. The van der Waals surface area contributed by atoms with Crippen molar-refractivity contribution in [3.05, 3.63) is 0 Å². The molecule has 1 aliphatic heterocycles. The second-order valence-corrected chi connectivity index (χ2v) is 8.03. The van der Waals surface area contributed by atoms with Crippen molar-refractivity contribution in [1.82, 2.24) is 15.5 Å². The lowest BCUT2D eigenvalue weighted by molar-refractivity contribution is -0.147. The summed E-state index contributed by atoms with van der Waals surface area (Å²) in [6.07, 6.45) is 0.452. The predicted octanol–water partition coefficient (Wildman–Crippen LogP) is -1.19. The standard InChI is InChI=1S/C18H30N4O7S/c1-9(2)6-10(19)15(25)20-11(7-14(23)24)17(27)22-5-3-4-13(22)16(26)21-12(8-30)18(28)29/h9-13,30H,3-8,19H2,1-2H3,(H,20,25)(H,21,26)(H,23,24)(H,28,29). The van der Waals surface area contributed by atoms with Gasteiger partial charge in [0.2, 0.25) is 17.7 Å². The van der Waals surface area contributed by atoms with Crippen LogP contribution in [0.3, 0.4) is 0 Å². The average molecular weight is 447 g/mol. The molecule has 0 aromatic carbocycles. The molecule has 3 amide bonds. The lowest BCUT2D eigenvalue weighted by Crippen LogP contribution is -2.57. The van der Waals surface area contributed by atoms with E-state index in [1.165, 1.54) is 4.90 Å². The summed E-state index contributed by atoms with van der Waals surface area (Å²) in [4.78, 5) is 61.3. The Morgan fingerprint density at radius 2 is 1.77 bits per heavy atom. The molecule has 1 fully saturated rings. The Kier molecular flexibility index (Phi) is 10.1. The number of carbonyl (C=O) groups excluding carboxylic acids is 3. The van der Waals surface area contributed by atoms with Crippen LogP contribution in [0.25, 0.3) is 0 Å². The first-order valence-corrected chi connectivity index (χ1v) is 10.3. The molecular formula is C18H30N4O7S. The summed E-state index contributed by atoms with van der Waals surface area (Å²) < 4.78 is 0. The van der Waals surface area contributed by atoms with Gasteiger partial charge in [0, 0.05) is 12.3 Å². The molecule has 1 saturated heterocycles. The summed E-state index contributed by atoms with van der Waals surface area (Å²) in [6, 6.07) is -4.47. The van der Waals surface area contributed by atoms with Gasteiger partial charge >= 0.3 is 11.9 Å². The molecule has 1 heterocycles. The van der Waals surface area contributed by atoms with Crippen molar-refractivity contribution in [3.63, 3.8) is 0 Å². The van der Waals surface area contributed by atoms with Gasteiger partial charge in [-0.05, 0) is 25.2 Å². The first-order valence-electron chi connectivity index (χ1n) is 9.70. The van der Waals surface area contributed by atoms with Crippen molar-refractivity contribution >= 4 is 42.3 Å². The maximum Gasteiger partial charge on any atom is 0.327 e. The van der Waals surface area contributed by atoms with Gasteiger partial charge in [-0.1, -0.05) is 13.8 Å².